The summed E-state index contributed by atoms with van der Waals surface area (Å²) in [6, 6.07) is 8.60. The highest BCUT2D eigenvalue weighted by molar-refractivity contribution is 5.57. The molecule has 0 saturated heterocycles. The molecule has 5 nitrogen and oxygen atoms in total. The number of hydrogen-bond acceptors (Lipinski definition) is 4. The Morgan fingerprint density at radius 3 is 2.94 bits per heavy atom. The van der Waals surface area contributed by atoms with Crippen LogP contribution in [0.3, 0.4) is 0 Å². The number of nitrogens with two attached hydrogens (primary N) is 1. The predicted octanol–water partition coefficient (Wildman–Crippen LogP) is 0.799. The van der Waals surface area contributed by atoms with Gasteiger partial charge in [0.15, 0.2) is 0 Å². The number of aromatic nitrogens is 3. The molecule has 1 aromatic heterocycles. The molecule has 0 aliphatic carbocycles. The number of nitrogens with zero attached hydrogens (tertiary/aromatic N) is 4. The third-order valence-electron chi connectivity index (χ3n) is 3.38. The average molecular weight is 243 g/mol. The van der Waals surface area contributed by atoms with Crippen molar-refractivity contribution in [2.75, 3.05) is 18.0 Å². The lowest BCUT2D eigenvalue weighted by Crippen LogP contribution is -2.25. The number of fused-ring (bicyclic) bond motifs is 1. The number of para-hydroxylation sites is 1. The summed E-state index contributed by atoms with van der Waals surface area (Å²) in [5.41, 5.74) is 9.16. The first-order valence-corrected chi connectivity index (χ1v) is 6.29. The lowest BCUT2D eigenvalue weighted by atomic mass is 10.2. The number of hydrogen-bond donors (Lipinski definition) is 1. The molecule has 0 amide bonds. The standard InChI is InChI=1S/C13H17N5/c14-9-12-10-18(16-15-12)8-7-17-6-5-11-3-1-2-4-13(11)17/h1-4,10H,5-9,14H2. The van der Waals surface area contributed by atoms with Crippen LogP contribution < -0.4 is 10.6 Å². The van der Waals surface area contributed by atoms with Crippen molar-refractivity contribution in [2.45, 2.75) is 19.5 Å². The zero-order chi connectivity index (χ0) is 12.4. The van der Waals surface area contributed by atoms with Gasteiger partial charge in [0.05, 0.1) is 12.2 Å². The number of benzene rings is 1. The Bertz CT molecular complexity index is 534. The quantitative estimate of drug-likeness (QED) is 0.863. The van der Waals surface area contributed by atoms with Gasteiger partial charge in [-0.3, -0.25) is 4.68 Å². The second-order valence-corrected chi connectivity index (χ2v) is 4.54. The van der Waals surface area contributed by atoms with E-state index >= 15 is 0 Å². The summed E-state index contributed by atoms with van der Waals surface area (Å²) >= 11 is 0. The molecular weight excluding hydrogens is 226 g/mol. The molecule has 1 aliphatic rings. The van der Waals surface area contributed by atoms with E-state index in [-0.39, 0.29) is 0 Å². The van der Waals surface area contributed by atoms with Gasteiger partial charge in [-0.15, -0.1) is 5.10 Å². The highest BCUT2D eigenvalue weighted by Gasteiger charge is 2.17. The maximum Gasteiger partial charge on any atom is 0.0962 e. The molecule has 0 atom stereocenters. The van der Waals surface area contributed by atoms with E-state index in [1.54, 1.807) is 0 Å². The highest BCUT2D eigenvalue weighted by atomic mass is 15.4. The zero-order valence-electron chi connectivity index (χ0n) is 10.3. The molecule has 1 aromatic carbocycles. The second-order valence-electron chi connectivity index (χ2n) is 4.54. The molecular formula is C13H17N5. The fourth-order valence-corrected chi connectivity index (χ4v) is 2.40. The molecule has 3 rings (SSSR count). The normalized spacial score (nSPS) is 13.9. The first-order valence-electron chi connectivity index (χ1n) is 6.29. The summed E-state index contributed by atoms with van der Waals surface area (Å²) in [4.78, 5) is 2.40. The van der Waals surface area contributed by atoms with Gasteiger partial charge in [0.2, 0.25) is 0 Å². The van der Waals surface area contributed by atoms with Crippen molar-refractivity contribution < 1.29 is 0 Å². The van der Waals surface area contributed by atoms with E-state index in [0.29, 0.717) is 6.54 Å². The van der Waals surface area contributed by atoms with Crippen LogP contribution in [0.2, 0.25) is 0 Å². The Balaban J connectivity index is 1.65. The number of rotatable bonds is 4. The summed E-state index contributed by atoms with van der Waals surface area (Å²) in [6.45, 7) is 3.36. The molecule has 2 N–H and O–H groups in total. The van der Waals surface area contributed by atoms with Gasteiger partial charge in [-0.05, 0) is 18.1 Å². The van der Waals surface area contributed by atoms with Crippen LogP contribution in [0.15, 0.2) is 30.5 Å². The minimum atomic E-state index is 0.451. The summed E-state index contributed by atoms with van der Waals surface area (Å²) in [6.07, 6.45) is 3.06. The SMILES string of the molecule is NCc1cn(CCN2CCc3ccccc32)nn1. The predicted molar refractivity (Wildman–Crippen MR) is 70.3 cm³/mol. The fourth-order valence-electron chi connectivity index (χ4n) is 2.40. The van der Waals surface area contributed by atoms with Crippen LogP contribution in [0, 0.1) is 0 Å². The van der Waals surface area contributed by atoms with Crippen LogP contribution in [0.5, 0.6) is 0 Å². The van der Waals surface area contributed by atoms with E-state index in [1.807, 2.05) is 10.9 Å². The molecule has 2 aromatic rings. The van der Waals surface area contributed by atoms with Crippen molar-refractivity contribution in [1.82, 2.24) is 15.0 Å². The average Bonchev–Trinajstić information content (AvgIpc) is 3.03. The largest absolute Gasteiger partial charge is 0.369 e. The van der Waals surface area contributed by atoms with Crippen LogP contribution in [-0.4, -0.2) is 28.1 Å². The molecule has 94 valence electrons. The van der Waals surface area contributed by atoms with Crippen molar-refractivity contribution >= 4 is 5.69 Å². The van der Waals surface area contributed by atoms with Gasteiger partial charge in [-0.25, -0.2) is 0 Å². The molecule has 5 heteroatoms. The summed E-state index contributed by atoms with van der Waals surface area (Å²) in [7, 11) is 0. The van der Waals surface area contributed by atoms with Crippen LogP contribution in [0.25, 0.3) is 0 Å². The molecule has 0 saturated carbocycles. The van der Waals surface area contributed by atoms with Gasteiger partial charge in [0.25, 0.3) is 0 Å². The van der Waals surface area contributed by atoms with Crippen LogP contribution in [-0.2, 0) is 19.5 Å². The van der Waals surface area contributed by atoms with Gasteiger partial charge in [0.1, 0.15) is 0 Å². The highest BCUT2D eigenvalue weighted by Crippen LogP contribution is 2.26. The third kappa shape index (κ3) is 2.09. The zero-order valence-corrected chi connectivity index (χ0v) is 10.3. The van der Waals surface area contributed by atoms with Crippen molar-refractivity contribution in [3.63, 3.8) is 0 Å². The monoisotopic (exact) mass is 243 g/mol. The van der Waals surface area contributed by atoms with E-state index in [2.05, 4.69) is 39.5 Å². The fraction of sp³-hybridized carbons (Fsp3) is 0.385. The first-order chi connectivity index (χ1) is 8.86. The van der Waals surface area contributed by atoms with E-state index in [4.69, 9.17) is 5.73 Å². The van der Waals surface area contributed by atoms with Gasteiger partial charge in [-0.1, -0.05) is 23.4 Å². The maximum absolute atomic E-state index is 5.52. The van der Waals surface area contributed by atoms with Gasteiger partial charge < -0.3 is 10.6 Å². The van der Waals surface area contributed by atoms with Crippen molar-refractivity contribution in [2.24, 2.45) is 5.73 Å². The first kappa shape index (κ1) is 11.2. The Kier molecular flexibility index (Phi) is 2.98. The van der Waals surface area contributed by atoms with Gasteiger partial charge in [0, 0.05) is 31.5 Å². The lowest BCUT2D eigenvalue weighted by Gasteiger charge is -2.18. The molecule has 18 heavy (non-hydrogen) atoms. The molecule has 0 radical (unpaired) electrons. The van der Waals surface area contributed by atoms with Crippen molar-refractivity contribution in [3.05, 3.63) is 41.7 Å². The molecule has 2 heterocycles. The Hall–Kier alpha value is -1.88. The third-order valence-corrected chi connectivity index (χ3v) is 3.38. The van der Waals surface area contributed by atoms with Gasteiger partial charge >= 0.3 is 0 Å². The smallest absolute Gasteiger partial charge is 0.0962 e. The molecule has 0 spiro atoms. The molecule has 1 aliphatic heterocycles. The Labute approximate surface area is 106 Å². The second kappa shape index (κ2) is 4.78. The topological polar surface area (TPSA) is 60.0 Å². The molecule has 0 fully saturated rings. The van der Waals surface area contributed by atoms with Gasteiger partial charge in [-0.2, -0.15) is 0 Å². The number of anilines is 1. The van der Waals surface area contributed by atoms with Crippen molar-refractivity contribution in [3.8, 4) is 0 Å². The van der Waals surface area contributed by atoms with E-state index in [0.717, 1.165) is 31.7 Å². The van der Waals surface area contributed by atoms with E-state index < -0.39 is 0 Å². The Morgan fingerprint density at radius 2 is 2.11 bits per heavy atom. The summed E-state index contributed by atoms with van der Waals surface area (Å²) in [5, 5.41) is 8.06. The lowest BCUT2D eigenvalue weighted by molar-refractivity contribution is 0.580. The summed E-state index contributed by atoms with van der Waals surface area (Å²) < 4.78 is 1.86. The van der Waals surface area contributed by atoms with E-state index in [1.165, 1.54) is 11.3 Å². The molecule has 0 unspecified atom stereocenters. The summed E-state index contributed by atoms with van der Waals surface area (Å²) in [5.74, 6) is 0. The van der Waals surface area contributed by atoms with Crippen molar-refractivity contribution in [1.29, 1.82) is 0 Å². The minimum Gasteiger partial charge on any atom is -0.369 e. The van der Waals surface area contributed by atoms with Crippen LogP contribution >= 0.6 is 0 Å². The minimum absolute atomic E-state index is 0.451. The maximum atomic E-state index is 5.52. The Morgan fingerprint density at radius 1 is 1.22 bits per heavy atom. The van der Waals surface area contributed by atoms with Crippen LogP contribution in [0.4, 0.5) is 5.69 Å². The van der Waals surface area contributed by atoms with E-state index in [9.17, 15) is 0 Å². The molecule has 0 bridgehead atoms. The van der Waals surface area contributed by atoms with Crippen LogP contribution in [0.1, 0.15) is 11.3 Å².